The van der Waals surface area contributed by atoms with Gasteiger partial charge in [0.25, 0.3) is 5.91 Å². The van der Waals surface area contributed by atoms with E-state index in [1.807, 2.05) is 11.8 Å². The van der Waals surface area contributed by atoms with E-state index in [0.29, 0.717) is 12.1 Å². The Labute approximate surface area is 196 Å². The highest BCUT2D eigenvalue weighted by atomic mass is 32.2. The van der Waals surface area contributed by atoms with E-state index in [0.717, 1.165) is 69.9 Å². The molecule has 0 bridgehead atoms. The Morgan fingerprint density at radius 2 is 1.88 bits per heavy atom. The van der Waals surface area contributed by atoms with Crippen LogP contribution in [0.5, 0.6) is 0 Å². The van der Waals surface area contributed by atoms with Crippen LogP contribution in [0, 0.1) is 0 Å². The van der Waals surface area contributed by atoms with Gasteiger partial charge in [-0.3, -0.25) is 9.69 Å². The van der Waals surface area contributed by atoms with Gasteiger partial charge in [0.1, 0.15) is 0 Å². The summed E-state index contributed by atoms with van der Waals surface area (Å²) < 4.78 is 33.1. The van der Waals surface area contributed by atoms with Gasteiger partial charge < -0.3 is 10.1 Å². The smallest absolute Gasteiger partial charge is 0.251 e. The van der Waals surface area contributed by atoms with Gasteiger partial charge >= 0.3 is 0 Å². The number of amides is 1. The van der Waals surface area contributed by atoms with E-state index in [2.05, 4.69) is 10.2 Å². The summed E-state index contributed by atoms with van der Waals surface area (Å²) in [5.41, 5.74) is 0.475. The van der Waals surface area contributed by atoms with Gasteiger partial charge in [0, 0.05) is 49.6 Å². The first kappa shape index (κ1) is 24.0. The molecule has 9 heteroatoms. The second-order valence-corrected chi connectivity index (χ2v) is 12.2. The van der Waals surface area contributed by atoms with E-state index in [-0.39, 0.29) is 22.4 Å². The molecule has 1 unspecified atom stereocenters. The highest BCUT2D eigenvalue weighted by molar-refractivity contribution is 7.99. The number of morpholine rings is 1. The average molecular weight is 482 g/mol. The number of benzene rings is 1. The number of carbonyl (C=O) groups excluding carboxylic acids is 1. The van der Waals surface area contributed by atoms with Crippen molar-refractivity contribution in [2.24, 2.45) is 0 Å². The predicted molar refractivity (Wildman–Crippen MR) is 128 cm³/mol. The third-order valence-electron chi connectivity index (χ3n) is 7.22. The lowest BCUT2D eigenvalue weighted by molar-refractivity contribution is -0.0129. The van der Waals surface area contributed by atoms with Crippen LogP contribution in [-0.2, 0) is 14.8 Å². The van der Waals surface area contributed by atoms with Crippen LogP contribution in [0.4, 0.5) is 0 Å². The van der Waals surface area contributed by atoms with E-state index in [4.69, 9.17) is 4.74 Å². The van der Waals surface area contributed by atoms with Gasteiger partial charge in [-0.25, -0.2) is 8.42 Å². The lowest BCUT2D eigenvalue weighted by atomic mass is 9.95. The van der Waals surface area contributed by atoms with Crippen molar-refractivity contribution in [1.29, 1.82) is 0 Å². The van der Waals surface area contributed by atoms with Gasteiger partial charge in [0.05, 0.1) is 18.1 Å². The third-order valence-corrected chi connectivity index (χ3v) is 10.4. The zero-order chi connectivity index (χ0) is 22.6. The minimum Gasteiger partial charge on any atom is -0.379 e. The molecule has 0 aromatic heterocycles. The summed E-state index contributed by atoms with van der Waals surface area (Å²) in [6, 6.07) is 6.44. The van der Waals surface area contributed by atoms with E-state index in [9.17, 15) is 13.2 Å². The van der Waals surface area contributed by atoms with Crippen LogP contribution in [0.25, 0.3) is 0 Å². The summed E-state index contributed by atoms with van der Waals surface area (Å²) in [6.45, 7) is 3.88. The third kappa shape index (κ3) is 5.17. The van der Waals surface area contributed by atoms with Crippen molar-refractivity contribution in [2.75, 3.05) is 51.4 Å². The number of nitrogens with zero attached hydrogens (tertiary/aromatic N) is 2. The number of carbonyl (C=O) groups is 1. The number of thioether (sulfide) groups is 1. The number of rotatable bonds is 7. The number of sulfonamides is 1. The number of nitrogens with one attached hydrogen (secondary N) is 1. The molecule has 1 aromatic rings. The Morgan fingerprint density at radius 3 is 2.50 bits per heavy atom. The van der Waals surface area contributed by atoms with Crippen molar-refractivity contribution in [3.63, 3.8) is 0 Å². The summed E-state index contributed by atoms with van der Waals surface area (Å²) in [5, 5.41) is 3.12. The van der Waals surface area contributed by atoms with Gasteiger partial charge in [-0.2, -0.15) is 16.1 Å². The molecule has 1 N–H and O–H groups in total. The van der Waals surface area contributed by atoms with Crippen molar-refractivity contribution in [3.05, 3.63) is 29.8 Å². The zero-order valence-corrected chi connectivity index (χ0v) is 20.6. The molecule has 7 nitrogen and oxygen atoms in total. The molecule has 1 aliphatic carbocycles. The van der Waals surface area contributed by atoms with Gasteiger partial charge in [-0.05, 0) is 49.3 Å². The van der Waals surface area contributed by atoms with Gasteiger partial charge in [0.2, 0.25) is 10.0 Å². The van der Waals surface area contributed by atoms with Crippen molar-refractivity contribution < 1.29 is 17.9 Å². The maximum absolute atomic E-state index is 13.0. The molecule has 2 saturated heterocycles. The highest BCUT2D eigenvalue weighted by Gasteiger charge is 2.41. The first-order valence-corrected chi connectivity index (χ1v) is 14.3. The van der Waals surface area contributed by atoms with Crippen molar-refractivity contribution >= 4 is 27.7 Å². The molecular weight excluding hydrogens is 446 g/mol. The second kappa shape index (κ2) is 10.4. The summed E-state index contributed by atoms with van der Waals surface area (Å²) >= 11 is 1.94. The quantitative estimate of drug-likeness (QED) is 0.645. The molecule has 4 rings (SSSR count). The van der Waals surface area contributed by atoms with Crippen LogP contribution in [0.15, 0.2) is 29.2 Å². The molecular formula is C23H35N3O4S2. The van der Waals surface area contributed by atoms with Crippen molar-refractivity contribution in [2.45, 2.75) is 55.0 Å². The Balaban J connectivity index is 1.39. The van der Waals surface area contributed by atoms with Crippen LogP contribution in [0.1, 0.15) is 48.9 Å². The number of hydrogen-bond acceptors (Lipinski definition) is 6. The molecule has 1 amide bonds. The SMILES string of the molecule is CN(C1CCCCC1)S(=O)(=O)c1ccc(C(=O)NCC2(N3CCOCC3)CCSC2)cc1. The molecule has 3 fully saturated rings. The van der Waals surface area contributed by atoms with E-state index < -0.39 is 10.0 Å². The van der Waals surface area contributed by atoms with Gasteiger partial charge in [-0.15, -0.1) is 0 Å². The van der Waals surface area contributed by atoms with Crippen LogP contribution in [0.3, 0.4) is 0 Å². The molecule has 2 heterocycles. The fourth-order valence-corrected chi connectivity index (χ4v) is 7.96. The number of ether oxygens (including phenoxy) is 1. The first-order chi connectivity index (χ1) is 15.4. The first-order valence-electron chi connectivity index (χ1n) is 11.7. The second-order valence-electron chi connectivity index (χ2n) is 9.15. The Hall–Kier alpha value is -1.13. The monoisotopic (exact) mass is 481 g/mol. The topological polar surface area (TPSA) is 79.0 Å². The highest BCUT2D eigenvalue weighted by Crippen LogP contribution is 2.33. The van der Waals surface area contributed by atoms with E-state index in [1.54, 1.807) is 31.3 Å². The van der Waals surface area contributed by atoms with Crippen LogP contribution >= 0.6 is 11.8 Å². The normalized spacial score (nSPS) is 25.8. The molecule has 0 radical (unpaired) electrons. The number of hydrogen-bond donors (Lipinski definition) is 1. The summed E-state index contributed by atoms with van der Waals surface area (Å²) in [5.74, 6) is 1.96. The Morgan fingerprint density at radius 1 is 1.19 bits per heavy atom. The van der Waals surface area contributed by atoms with Gasteiger partial charge in [0.15, 0.2) is 0 Å². The Bertz CT molecular complexity index is 873. The summed E-state index contributed by atoms with van der Waals surface area (Å²) in [7, 11) is -1.87. The fourth-order valence-electron chi connectivity index (χ4n) is 5.07. The molecule has 0 spiro atoms. The average Bonchev–Trinajstić information content (AvgIpc) is 3.33. The zero-order valence-electron chi connectivity index (χ0n) is 18.9. The van der Waals surface area contributed by atoms with Crippen LogP contribution in [-0.4, -0.2) is 86.5 Å². The fraction of sp³-hybridized carbons (Fsp3) is 0.696. The van der Waals surface area contributed by atoms with E-state index in [1.165, 1.54) is 10.7 Å². The summed E-state index contributed by atoms with van der Waals surface area (Å²) in [4.78, 5) is 15.6. The Kier molecular flexibility index (Phi) is 7.82. The van der Waals surface area contributed by atoms with Crippen molar-refractivity contribution in [1.82, 2.24) is 14.5 Å². The lowest BCUT2D eigenvalue weighted by Crippen LogP contribution is -2.59. The predicted octanol–water partition coefficient (Wildman–Crippen LogP) is 2.58. The molecule has 1 atom stereocenters. The maximum atomic E-state index is 13.0. The lowest BCUT2D eigenvalue weighted by Gasteiger charge is -2.43. The van der Waals surface area contributed by atoms with Crippen LogP contribution in [0.2, 0.25) is 0 Å². The molecule has 1 aromatic carbocycles. The largest absolute Gasteiger partial charge is 0.379 e. The molecule has 1 saturated carbocycles. The van der Waals surface area contributed by atoms with Gasteiger partial charge in [-0.1, -0.05) is 19.3 Å². The minimum atomic E-state index is -3.55. The van der Waals surface area contributed by atoms with E-state index >= 15 is 0 Å². The minimum absolute atomic E-state index is 0.0178. The molecule has 3 aliphatic rings. The summed E-state index contributed by atoms with van der Waals surface area (Å²) in [6.07, 6.45) is 6.23. The molecule has 32 heavy (non-hydrogen) atoms. The standard InChI is InChI=1S/C23H35N3O4S2/c1-25(20-5-3-2-4-6-20)32(28,29)21-9-7-19(8-10-21)22(27)24-17-23(11-16-31-18-23)26-12-14-30-15-13-26/h7-10,20H,2-6,11-18H2,1H3,(H,24,27). The van der Waals surface area contributed by atoms with Crippen molar-refractivity contribution in [3.8, 4) is 0 Å². The van der Waals surface area contributed by atoms with Crippen LogP contribution < -0.4 is 5.32 Å². The molecule has 178 valence electrons. The molecule has 2 aliphatic heterocycles. The maximum Gasteiger partial charge on any atom is 0.251 e.